The summed E-state index contributed by atoms with van der Waals surface area (Å²) in [6, 6.07) is 23.6. The number of hydrogen-bond donors (Lipinski definition) is 0. The Morgan fingerprint density at radius 1 is 0.857 bits per heavy atom. The number of benzene rings is 2. The van der Waals surface area contributed by atoms with Crippen LogP contribution in [0.1, 0.15) is 42.4 Å². The van der Waals surface area contributed by atoms with Crippen LogP contribution in [-0.2, 0) is 33.9 Å². The molecule has 186 valence electrons. The highest BCUT2D eigenvalue weighted by molar-refractivity contribution is 5.79. The molecule has 0 N–H and O–H groups in total. The molecule has 0 radical (unpaired) electrons. The summed E-state index contributed by atoms with van der Waals surface area (Å²) in [6.45, 7) is 6.11. The smallest absolute Gasteiger partial charge is 0.320 e. The minimum Gasteiger partial charge on any atom is -0.464 e. The molecule has 3 rings (SSSR count). The SMILES string of the molecule is CCCCN(CC(=O)OCc1ccccc1)CC(=O)N(CCc1ccccc1)Cc1ccc(C)o1. The summed E-state index contributed by atoms with van der Waals surface area (Å²) in [5.41, 5.74) is 2.12. The lowest BCUT2D eigenvalue weighted by Crippen LogP contribution is -2.43. The Hall–Kier alpha value is -3.38. The van der Waals surface area contributed by atoms with Crippen molar-refractivity contribution in [2.45, 2.75) is 46.3 Å². The summed E-state index contributed by atoms with van der Waals surface area (Å²) in [6.07, 6.45) is 2.63. The molecule has 2 aromatic carbocycles. The zero-order chi connectivity index (χ0) is 24.9. The molecule has 0 spiro atoms. The molecular weight excluding hydrogens is 440 g/mol. The quantitative estimate of drug-likeness (QED) is 0.306. The summed E-state index contributed by atoms with van der Waals surface area (Å²) in [5.74, 6) is 1.23. The van der Waals surface area contributed by atoms with Crippen LogP contribution in [0.2, 0.25) is 0 Å². The number of carbonyl (C=O) groups is 2. The lowest BCUT2D eigenvalue weighted by molar-refractivity contribution is -0.147. The standard InChI is InChI=1S/C29H36N2O4/c1-3-4-18-30(22-29(33)34-23-26-13-9-6-10-14-26)21-28(32)31(20-27-16-15-24(2)35-27)19-17-25-11-7-5-8-12-25/h5-16H,3-4,17-23H2,1-2H3. The minimum absolute atomic E-state index is 0.0260. The molecule has 1 amide bonds. The van der Waals surface area contributed by atoms with E-state index in [4.69, 9.17) is 9.15 Å². The average molecular weight is 477 g/mol. The molecule has 0 atom stereocenters. The largest absolute Gasteiger partial charge is 0.464 e. The van der Waals surface area contributed by atoms with Crippen LogP contribution in [0, 0.1) is 6.92 Å². The number of carbonyl (C=O) groups excluding carboxylic acids is 2. The van der Waals surface area contributed by atoms with Crippen molar-refractivity contribution in [1.29, 1.82) is 0 Å². The van der Waals surface area contributed by atoms with E-state index in [0.29, 0.717) is 19.6 Å². The van der Waals surface area contributed by atoms with Gasteiger partial charge in [0, 0.05) is 6.54 Å². The molecule has 1 aromatic heterocycles. The number of nitrogens with zero attached hydrogens (tertiary/aromatic N) is 2. The fourth-order valence-electron chi connectivity index (χ4n) is 3.81. The summed E-state index contributed by atoms with van der Waals surface area (Å²) >= 11 is 0. The lowest BCUT2D eigenvalue weighted by atomic mass is 10.1. The van der Waals surface area contributed by atoms with E-state index in [0.717, 1.165) is 36.3 Å². The molecule has 0 aliphatic rings. The zero-order valence-corrected chi connectivity index (χ0v) is 20.8. The number of rotatable bonds is 14. The van der Waals surface area contributed by atoms with E-state index in [2.05, 4.69) is 19.1 Å². The van der Waals surface area contributed by atoms with E-state index in [1.807, 2.05) is 77.4 Å². The fourth-order valence-corrected chi connectivity index (χ4v) is 3.81. The van der Waals surface area contributed by atoms with E-state index < -0.39 is 0 Å². The molecule has 0 saturated heterocycles. The Morgan fingerprint density at radius 2 is 1.54 bits per heavy atom. The normalized spacial score (nSPS) is 10.9. The number of ether oxygens (including phenoxy) is 1. The van der Waals surface area contributed by atoms with E-state index in [1.54, 1.807) is 0 Å². The molecule has 6 heteroatoms. The maximum Gasteiger partial charge on any atom is 0.320 e. The van der Waals surface area contributed by atoms with Crippen molar-refractivity contribution in [1.82, 2.24) is 9.80 Å². The Morgan fingerprint density at radius 3 is 2.17 bits per heavy atom. The predicted molar refractivity (Wildman–Crippen MR) is 137 cm³/mol. The number of hydrogen-bond acceptors (Lipinski definition) is 5. The van der Waals surface area contributed by atoms with Crippen LogP contribution in [0.4, 0.5) is 0 Å². The highest BCUT2D eigenvalue weighted by Crippen LogP contribution is 2.12. The number of amides is 1. The van der Waals surface area contributed by atoms with Crippen LogP contribution >= 0.6 is 0 Å². The summed E-state index contributed by atoms with van der Waals surface area (Å²) in [4.78, 5) is 29.7. The molecule has 3 aromatic rings. The summed E-state index contributed by atoms with van der Waals surface area (Å²) < 4.78 is 11.2. The molecule has 0 fully saturated rings. The van der Waals surface area contributed by atoms with Gasteiger partial charge in [-0.15, -0.1) is 0 Å². The Bertz CT molecular complexity index is 1030. The van der Waals surface area contributed by atoms with Crippen LogP contribution in [0.5, 0.6) is 0 Å². The van der Waals surface area contributed by atoms with Crippen molar-refractivity contribution in [3.8, 4) is 0 Å². The van der Waals surface area contributed by atoms with E-state index >= 15 is 0 Å². The summed E-state index contributed by atoms with van der Waals surface area (Å²) in [5, 5.41) is 0. The van der Waals surface area contributed by atoms with E-state index in [9.17, 15) is 9.59 Å². The van der Waals surface area contributed by atoms with Gasteiger partial charge in [0.2, 0.25) is 5.91 Å². The Kier molecular flexibility index (Phi) is 10.6. The molecule has 0 unspecified atom stereocenters. The van der Waals surface area contributed by atoms with Crippen LogP contribution in [0.25, 0.3) is 0 Å². The van der Waals surface area contributed by atoms with E-state index in [1.165, 1.54) is 5.56 Å². The third-order valence-corrected chi connectivity index (χ3v) is 5.79. The van der Waals surface area contributed by atoms with Gasteiger partial charge in [-0.25, -0.2) is 0 Å². The third kappa shape index (κ3) is 9.41. The average Bonchev–Trinajstić information content (AvgIpc) is 3.29. The van der Waals surface area contributed by atoms with Gasteiger partial charge in [-0.3, -0.25) is 14.5 Å². The fraction of sp³-hybridized carbons (Fsp3) is 0.379. The first-order valence-corrected chi connectivity index (χ1v) is 12.3. The molecule has 0 aliphatic heterocycles. The highest BCUT2D eigenvalue weighted by atomic mass is 16.5. The van der Waals surface area contributed by atoms with Gasteiger partial charge < -0.3 is 14.1 Å². The monoisotopic (exact) mass is 476 g/mol. The van der Waals surface area contributed by atoms with Crippen molar-refractivity contribution in [3.63, 3.8) is 0 Å². The molecular formula is C29H36N2O4. The van der Waals surface area contributed by atoms with Crippen LogP contribution in [0.15, 0.2) is 77.2 Å². The number of unbranched alkanes of at least 4 members (excludes halogenated alkanes) is 1. The molecule has 0 saturated carbocycles. The van der Waals surface area contributed by atoms with Gasteiger partial charge in [-0.05, 0) is 49.6 Å². The van der Waals surface area contributed by atoms with Gasteiger partial charge in [0.25, 0.3) is 0 Å². The lowest BCUT2D eigenvalue weighted by Gasteiger charge is -2.26. The van der Waals surface area contributed by atoms with Crippen molar-refractivity contribution in [2.75, 3.05) is 26.2 Å². The maximum absolute atomic E-state index is 13.4. The molecule has 35 heavy (non-hydrogen) atoms. The Labute approximate surface area is 208 Å². The summed E-state index contributed by atoms with van der Waals surface area (Å²) in [7, 11) is 0. The molecule has 0 aliphatic carbocycles. The van der Waals surface area contributed by atoms with Crippen molar-refractivity contribution in [3.05, 3.63) is 95.4 Å². The maximum atomic E-state index is 13.4. The van der Waals surface area contributed by atoms with Gasteiger partial charge >= 0.3 is 5.97 Å². The number of furan rings is 1. The topological polar surface area (TPSA) is 63.0 Å². The Balaban J connectivity index is 1.62. The van der Waals surface area contributed by atoms with E-state index in [-0.39, 0.29) is 31.6 Å². The highest BCUT2D eigenvalue weighted by Gasteiger charge is 2.21. The van der Waals surface area contributed by atoms with Gasteiger partial charge in [-0.2, -0.15) is 0 Å². The number of aryl methyl sites for hydroxylation is 1. The zero-order valence-electron chi connectivity index (χ0n) is 20.8. The van der Waals surface area contributed by atoms with Gasteiger partial charge in [-0.1, -0.05) is 74.0 Å². The van der Waals surface area contributed by atoms with Crippen LogP contribution in [-0.4, -0.2) is 47.9 Å². The van der Waals surface area contributed by atoms with Gasteiger partial charge in [0.05, 0.1) is 19.6 Å². The van der Waals surface area contributed by atoms with Gasteiger partial charge in [0.1, 0.15) is 18.1 Å². The minimum atomic E-state index is -0.324. The van der Waals surface area contributed by atoms with Crippen LogP contribution < -0.4 is 0 Å². The van der Waals surface area contributed by atoms with Crippen molar-refractivity contribution >= 4 is 11.9 Å². The first-order valence-electron chi connectivity index (χ1n) is 12.3. The number of esters is 1. The van der Waals surface area contributed by atoms with Crippen molar-refractivity contribution in [2.24, 2.45) is 0 Å². The second-order valence-corrected chi connectivity index (χ2v) is 8.77. The first-order chi connectivity index (χ1) is 17.0. The second-order valence-electron chi connectivity index (χ2n) is 8.77. The van der Waals surface area contributed by atoms with Gasteiger partial charge in [0.15, 0.2) is 0 Å². The van der Waals surface area contributed by atoms with Crippen LogP contribution in [0.3, 0.4) is 0 Å². The first kappa shape index (κ1) is 26.2. The molecule has 0 bridgehead atoms. The molecule has 6 nitrogen and oxygen atoms in total. The molecule has 1 heterocycles. The second kappa shape index (κ2) is 14.1. The third-order valence-electron chi connectivity index (χ3n) is 5.79. The van der Waals surface area contributed by atoms with Crippen molar-refractivity contribution < 1.29 is 18.7 Å². The predicted octanol–water partition coefficient (Wildman–Crippen LogP) is 5.00.